The van der Waals surface area contributed by atoms with E-state index in [9.17, 15) is 20.4 Å². The van der Waals surface area contributed by atoms with Crippen LogP contribution < -0.4 is 11.1 Å². The fourth-order valence-electron chi connectivity index (χ4n) is 13.7. The molecule has 0 amide bonds. The number of nitrogens with one attached hydrogen (secondary N) is 1. The molecule has 6 heteroatoms. The van der Waals surface area contributed by atoms with Crippen LogP contribution in [0.1, 0.15) is 119 Å². The highest BCUT2D eigenvalue weighted by Gasteiger charge is 2.70. The second-order valence-corrected chi connectivity index (χ2v) is 17.7. The minimum absolute atomic E-state index is 0.141. The van der Waals surface area contributed by atoms with Gasteiger partial charge >= 0.3 is 0 Å². The van der Waals surface area contributed by atoms with Crippen molar-refractivity contribution in [2.45, 2.75) is 150 Å². The van der Waals surface area contributed by atoms with Crippen molar-refractivity contribution in [2.24, 2.45) is 68.3 Å². The molecule has 5 aliphatic rings. The average Bonchev–Trinajstić information content (AvgIpc) is 3.29. The summed E-state index contributed by atoms with van der Waals surface area (Å²) in [6.45, 7) is 17.9. The molecule has 5 aliphatic carbocycles. The lowest BCUT2D eigenvalue weighted by Crippen LogP contribution is -2.67. The zero-order valence-electron chi connectivity index (χ0n) is 28.2. The first-order chi connectivity index (χ1) is 19.5. The summed E-state index contributed by atoms with van der Waals surface area (Å²) >= 11 is 0. The fraction of sp³-hybridized carbons (Fsp3) is 1.00. The summed E-state index contributed by atoms with van der Waals surface area (Å²) in [5, 5.41) is 45.2. The van der Waals surface area contributed by atoms with Crippen molar-refractivity contribution in [3.05, 3.63) is 0 Å². The molecule has 5 fully saturated rings. The molecule has 42 heavy (non-hydrogen) atoms. The van der Waals surface area contributed by atoms with Gasteiger partial charge in [0, 0.05) is 12.6 Å². The molecule has 6 nitrogen and oxygen atoms in total. The predicted octanol–water partition coefficient (Wildman–Crippen LogP) is 5.10. The zero-order valence-corrected chi connectivity index (χ0v) is 28.2. The number of hydrogen-bond acceptors (Lipinski definition) is 6. The summed E-state index contributed by atoms with van der Waals surface area (Å²) in [4.78, 5) is 0. The molecule has 0 aromatic heterocycles. The Morgan fingerprint density at radius 1 is 0.690 bits per heavy atom. The van der Waals surface area contributed by atoms with Crippen molar-refractivity contribution in [1.82, 2.24) is 5.32 Å². The summed E-state index contributed by atoms with van der Waals surface area (Å²) < 4.78 is 0. The van der Waals surface area contributed by atoms with E-state index in [1.54, 1.807) is 0 Å². The van der Waals surface area contributed by atoms with E-state index in [0.29, 0.717) is 51.4 Å². The molecular formula is C36H66N2O4. The highest BCUT2D eigenvalue weighted by Crippen LogP contribution is 2.78. The monoisotopic (exact) mass is 591 g/mol. The molecule has 7 N–H and O–H groups in total. The molecule has 0 radical (unpaired) electrons. The summed E-state index contributed by atoms with van der Waals surface area (Å²) in [7, 11) is 2.17. The summed E-state index contributed by atoms with van der Waals surface area (Å²) in [6.07, 6.45) is 8.48. The van der Waals surface area contributed by atoms with Crippen LogP contribution in [-0.4, -0.2) is 64.5 Å². The van der Waals surface area contributed by atoms with E-state index in [1.165, 1.54) is 64.2 Å². The molecule has 0 aromatic carbocycles. The van der Waals surface area contributed by atoms with Crippen LogP contribution in [0.25, 0.3) is 0 Å². The minimum atomic E-state index is -1.42. The number of aliphatic hydroxyl groups excluding tert-OH is 4. The van der Waals surface area contributed by atoms with Gasteiger partial charge in [-0.2, -0.15) is 0 Å². The van der Waals surface area contributed by atoms with Crippen LogP contribution in [-0.2, 0) is 0 Å². The molecule has 0 spiro atoms. The van der Waals surface area contributed by atoms with Gasteiger partial charge in [0.25, 0.3) is 0 Å². The lowest BCUT2D eigenvalue weighted by atomic mass is 9.31. The summed E-state index contributed by atoms with van der Waals surface area (Å²) in [5.74, 6) is 3.73. The average molecular weight is 591 g/mol. The molecule has 244 valence electrons. The van der Waals surface area contributed by atoms with Gasteiger partial charge in [0.15, 0.2) is 0 Å². The molecule has 6 unspecified atom stereocenters. The van der Waals surface area contributed by atoms with E-state index in [-0.39, 0.29) is 12.5 Å². The van der Waals surface area contributed by atoms with Gasteiger partial charge in [-0.15, -0.1) is 0 Å². The number of nitrogens with two attached hydrogens (primary N) is 1. The molecule has 0 aromatic rings. The first kappa shape index (κ1) is 33.1. The van der Waals surface area contributed by atoms with Gasteiger partial charge in [-0.25, -0.2) is 0 Å². The highest BCUT2D eigenvalue weighted by atomic mass is 16.4. The molecule has 5 rings (SSSR count). The van der Waals surface area contributed by atoms with Gasteiger partial charge < -0.3 is 31.5 Å². The minimum Gasteiger partial charge on any atom is -0.390 e. The Bertz CT molecular complexity index is 976. The van der Waals surface area contributed by atoms with Crippen LogP contribution in [0.2, 0.25) is 0 Å². The SMILES string of the molecule is CNC1CC[C@]2(C)[C@H]3CC[C@@H]4[C@@]5(C)CC[C@H](C(C)CC(O)C(O)C(O)C(O)CN)[C@@H]5CC[C@@]4(C)[C@]3(C)CC[C@H]2C1(C)C. The lowest BCUT2D eigenvalue weighted by molar-refractivity contribution is -0.244. The second-order valence-electron chi connectivity index (χ2n) is 17.7. The topological polar surface area (TPSA) is 119 Å². The Balaban J connectivity index is 1.34. The van der Waals surface area contributed by atoms with Crippen molar-refractivity contribution in [1.29, 1.82) is 0 Å². The first-order valence-corrected chi connectivity index (χ1v) is 17.6. The van der Waals surface area contributed by atoms with Gasteiger partial charge in [-0.3, -0.25) is 0 Å². The molecular weight excluding hydrogens is 524 g/mol. The van der Waals surface area contributed by atoms with Crippen molar-refractivity contribution >= 4 is 0 Å². The highest BCUT2D eigenvalue weighted by molar-refractivity contribution is 5.20. The molecule has 0 heterocycles. The maximum atomic E-state index is 10.8. The molecule has 15 atom stereocenters. The maximum absolute atomic E-state index is 10.8. The van der Waals surface area contributed by atoms with Crippen molar-refractivity contribution in [2.75, 3.05) is 13.6 Å². The van der Waals surface area contributed by atoms with Crippen LogP contribution in [0.3, 0.4) is 0 Å². The molecule has 0 bridgehead atoms. The largest absolute Gasteiger partial charge is 0.390 e. The van der Waals surface area contributed by atoms with E-state index in [2.05, 4.69) is 60.8 Å². The molecule has 5 saturated carbocycles. The number of rotatable bonds is 8. The summed E-state index contributed by atoms with van der Waals surface area (Å²) in [5.41, 5.74) is 7.27. The van der Waals surface area contributed by atoms with Crippen molar-refractivity contribution in [3.63, 3.8) is 0 Å². The van der Waals surface area contributed by atoms with E-state index >= 15 is 0 Å². The number of aliphatic hydroxyl groups is 4. The molecule has 0 aliphatic heterocycles. The first-order valence-electron chi connectivity index (χ1n) is 17.6. The number of fused-ring (bicyclic) bond motifs is 7. The fourth-order valence-corrected chi connectivity index (χ4v) is 13.7. The summed E-state index contributed by atoms with van der Waals surface area (Å²) in [6, 6.07) is 0.618. The van der Waals surface area contributed by atoms with Gasteiger partial charge in [-0.1, -0.05) is 48.5 Å². The van der Waals surface area contributed by atoms with Gasteiger partial charge in [0.1, 0.15) is 12.2 Å². The Morgan fingerprint density at radius 3 is 1.83 bits per heavy atom. The van der Waals surface area contributed by atoms with Gasteiger partial charge in [-0.05, 0) is 140 Å². The third-order valence-electron chi connectivity index (χ3n) is 16.1. The van der Waals surface area contributed by atoms with E-state index in [4.69, 9.17) is 5.73 Å². The number of hydrogen-bond donors (Lipinski definition) is 6. The van der Waals surface area contributed by atoms with E-state index in [0.717, 1.165) is 17.8 Å². The van der Waals surface area contributed by atoms with Crippen molar-refractivity contribution in [3.8, 4) is 0 Å². The van der Waals surface area contributed by atoms with Crippen LogP contribution in [0, 0.1) is 62.6 Å². The predicted molar refractivity (Wildman–Crippen MR) is 170 cm³/mol. The van der Waals surface area contributed by atoms with Gasteiger partial charge in [0.2, 0.25) is 0 Å². The third kappa shape index (κ3) is 4.62. The quantitative estimate of drug-likeness (QED) is 0.234. The van der Waals surface area contributed by atoms with Crippen LogP contribution in [0.5, 0.6) is 0 Å². The Labute approximate surface area is 257 Å². The zero-order chi connectivity index (χ0) is 31.0. The standard InChI is InChI=1S/C36H66N2O4/c1-21(19-24(39)30(41)31(42)25(40)20-37)22-11-15-33(4)23(22)12-17-35(6)27(33)9-10-28-34(5)16-14-29(38-8)32(2,3)26(34)13-18-36(28,35)7/h21-31,38-42H,9-20,37H2,1-8H3/t21?,22-,23+,24?,25?,26+,27-,28-,29?,30?,31?,33+,34+,35-,36-/m1/s1. The van der Waals surface area contributed by atoms with Crippen LogP contribution in [0.4, 0.5) is 0 Å². The third-order valence-corrected chi connectivity index (χ3v) is 16.1. The molecule has 0 saturated heterocycles. The Hall–Kier alpha value is -0.240. The Morgan fingerprint density at radius 2 is 1.24 bits per heavy atom. The second kappa shape index (κ2) is 11.2. The lowest BCUT2D eigenvalue weighted by Gasteiger charge is -2.73. The van der Waals surface area contributed by atoms with Crippen molar-refractivity contribution < 1.29 is 20.4 Å². The Kier molecular flexibility index (Phi) is 8.86. The van der Waals surface area contributed by atoms with Crippen LogP contribution in [0.15, 0.2) is 0 Å². The maximum Gasteiger partial charge on any atom is 0.109 e. The van der Waals surface area contributed by atoms with E-state index in [1.807, 2.05) is 0 Å². The smallest absolute Gasteiger partial charge is 0.109 e. The van der Waals surface area contributed by atoms with E-state index < -0.39 is 24.4 Å². The van der Waals surface area contributed by atoms with Gasteiger partial charge in [0.05, 0.1) is 12.2 Å². The van der Waals surface area contributed by atoms with Crippen LogP contribution >= 0.6 is 0 Å². The normalized spacial score (nSPS) is 49.9.